The van der Waals surface area contributed by atoms with Gasteiger partial charge in [-0.15, -0.1) is 0 Å². The Hall–Kier alpha value is -1.33. The second-order valence-electron chi connectivity index (χ2n) is 5.47. The smallest absolute Gasteiger partial charge is 0.270 e. The molecule has 1 aromatic heterocycles. The molecule has 20 heavy (non-hydrogen) atoms. The number of rotatable bonds is 6. The van der Waals surface area contributed by atoms with E-state index in [-0.39, 0.29) is 5.91 Å². The lowest BCUT2D eigenvalue weighted by atomic mass is 10.1. The lowest BCUT2D eigenvalue weighted by Gasteiger charge is -2.27. The third-order valence-electron chi connectivity index (χ3n) is 3.97. The summed E-state index contributed by atoms with van der Waals surface area (Å²) in [7, 11) is 3.82. The van der Waals surface area contributed by atoms with Crippen molar-refractivity contribution in [3.8, 4) is 0 Å². The molecular formula is C15H26N4O. The summed E-state index contributed by atoms with van der Waals surface area (Å²) in [5.74, 6) is 0.129. The molecule has 0 radical (unpaired) electrons. The molecule has 1 fully saturated rings. The number of carbonyl (C=O) groups excluding carboxylic acids is 1. The van der Waals surface area contributed by atoms with Crippen LogP contribution in [0.3, 0.4) is 0 Å². The first-order valence-corrected chi connectivity index (χ1v) is 7.51. The number of amides is 1. The molecule has 2 heterocycles. The van der Waals surface area contributed by atoms with Crippen LogP contribution in [0.4, 0.5) is 0 Å². The summed E-state index contributed by atoms with van der Waals surface area (Å²) in [4.78, 5) is 14.4. The second-order valence-corrected chi connectivity index (χ2v) is 5.47. The van der Waals surface area contributed by atoms with Gasteiger partial charge in [-0.3, -0.25) is 4.79 Å². The Morgan fingerprint density at radius 2 is 2.25 bits per heavy atom. The standard InChI is InChI=1S/C15H26N4O/c1-16-8-4-11-18(2)15(20)14-5-3-12-19(14)13-6-9-17-10-7-13/h3,5,12-13,16-17H,4,6-11H2,1-2H3. The van der Waals surface area contributed by atoms with Crippen molar-refractivity contribution in [2.24, 2.45) is 0 Å². The Bertz CT molecular complexity index is 423. The van der Waals surface area contributed by atoms with Gasteiger partial charge >= 0.3 is 0 Å². The molecule has 112 valence electrons. The molecule has 2 rings (SSSR count). The summed E-state index contributed by atoms with van der Waals surface area (Å²) in [6.07, 6.45) is 5.22. The van der Waals surface area contributed by atoms with E-state index in [4.69, 9.17) is 0 Å². The molecule has 0 aromatic carbocycles. The molecule has 0 atom stereocenters. The molecule has 5 heteroatoms. The molecule has 5 nitrogen and oxygen atoms in total. The van der Waals surface area contributed by atoms with Gasteiger partial charge in [-0.1, -0.05) is 0 Å². The molecular weight excluding hydrogens is 252 g/mol. The van der Waals surface area contributed by atoms with Crippen LogP contribution in [0, 0.1) is 0 Å². The van der Waals surface area contributed by atoms with Crippen LogP contribution in [0.1, 0.15) is 35.8 Å². The van der Waals surface area contributed by atoms with Gasteiger partial charge in [0.25, 0.3) is 5.91 Å². The Morgan fingerprint density at radius 3 is 2.95 bits per heavy atom. The zero-order valence-electron chi connectivity index (χ0n) is 12.6. The molecule has 0 bridgehead atoms. The molecule has 1 aliphatic heterocycles. The van der Waals surface area contributed by atoms with Gasteiger partial charge in [0.15, 0.2) is 0 Å². The summed E-state index contributed by atoms with van der Waals surface area (Å²) in [6, 6.07) is 4.38. The van der Waals surface area contributed by atoms with Crippen LogP contribution >= 0.6 is 0 Å². The van der Waals surface area contributed by atoms with Crippen molar-refractivity contribution in [2.75, 3.05) is 40.3 Å². The predicted molar refractivity (Wildman–Crippen MR) is 81.1 cm³/mol. The zero-order valence-corrected chi connectivity index (χ0v) is 12.6. The topological polar surface area (TPSA) is 49.3 Å². The number of hydrogen-bond acceptors (Lipinski definition) is 3. The van der Waals surface area contributed by atoms with E-state index >= 15 is 0 Å². The quantitative estimate of drug-likeness (QED) is 0.766. The van der Waals surface area contributed by atoms with Crippen molar-refractivity contribution < 1.29 is 4.79 Å². The normalized spacial score (nSPS) is 16.3. The minimum atomic E-state index is 0.129. The highest BCUT2D eigenvalue weighted by molar-refractivity contribution is 5.92. The lowest BCUT2D eigenvalue weighted by Crippen LogP contribution is -2.34. The summed E-state index contributed by atoms with van der Waals surface area (Å²) in [5, 5.41) is 6.48. The Morgan fingerprint density at radius 1 is 1.50 bits per heavy atom. The zero-order chi connectivity index (χ0) is 14.4. The molecule has 0 saturated carbocycles. The molecule has 0 spiro atoms. The van der Waals surface area contributed by atoms with E-state index in [0.29, 0.717) is 6.04 Å². The fourth-order valence-corrected chi connectivity index (χ4v) is 2.77. The van der Waals surface area contributed by atoms with Crippen LogP contribution in [0.25, 0.3) is 0 Å². The third-order valence-corrected chi connectivity index (χ3v) is 3.97. The fraction of sp³-hybridized carbons (Fsp3) is 0.667. The Balaban J connectivity index is 2.00. The molecule has 0 aliphatic carbocycles. The van der Waals surface area contributed by atoms with Crippen molar-refractivity contribution in [1.82, 2.24) is 20.1 Å². The lowest BCUT2D eigenvalue weighted by molar-refractivity contribution is 0.0779. The van der Waals surface area contributed by atoms with Crippen molar-refractivity contribution >= 4 is 5.91 Å². The van der Waals surface area contributed by atoms with Crippen molar-refractivity contribution in [3.05, 3.63) is 24.0 Å². The molecule has 2 N–H and O–H groups in total. The van der Waals surface area contributed by atoms with E-state index in [0.717, 1.165) is 51.1 Å². The van der Waals surface area contributed by atoms with E-state index in [1.807, 2.05) is 37.3 Å². The molecule has 0 unspecified atom stereocenters. The van der Waals surface area contributed by atoms with E-state index in [1.54, 1.807) is 0 Å². The van der Waals surface area contributed by atoms with Gasteiger partial charge < -0.3 is 20.1 Å². The maximum Gasteiger partial charge on any atom is 0.270 e. The summed E-state index contributed by atoms with van der Waals surface area (Å²) < 4.78 is 2.16. The highest BCUT2D eigenvalue weighted by atomic mass is 16.2. The Labute approximate surface area is 121 Å². The van der Waals surface area contributed by atoms with Gasteiger partial charge in [-0.2, -0.15) is 0 Å². The van der Waals surface area contributed by atoms with Crippen LogP contribution in [0.2, 0.25) is 0 Å². The number of nitrogens with one attached hydrogen (secondary N) is 2. The monoisotopic (exact) mass is 278 g/mol. The number of carbonyl (C=O) groups is 1. The molecule has 1 aliphatic rings. The first-order valence-electron chi connectivity index (χ1n) is 7.51. The van der Waals surface area contributed by atoms with E-state index in [2.05, 4.69) is 15.2 Å². The second kappa shape index (κ2) is 7.45. The van der Waals surface area contributed by atoms with Crippen LogP contribution in [-0.2, 0) is 0 Å². The number of nitrogens with zero attached hydrogens (tertiary/aromatic N) is 2. The summed E-state index contributed by atoms with van der Waals surface area (Å²) in [6.45, 7) is 3.80. The van der Waals surface area contributed by atoms with Crippen LogP contribution in [-0.4, -0.2) is 55.6 Å². The predicted octanol–water partition coefficient (Wildman–Crippen LogP) is 1.09. The largest absolute Gasteiger partial charge is 0.340 e. The van der Waals surface area contributed by atoms with E-state index in [1.165, 1.54) is 0 Å². The maximum absolute atomic E-state index is 12.5. The molecule has 1 amide bonds. The maximum atomic E-state index is 12.5. The average Bonchev–Trinajstić information content (AvgIpc) is 2.97. The SMILES string of the molecule is CNCCCN(C)C(=O)c1cccn1C1CCNCC1. The highest BCUT2D eigenvalue weighted by Crippen LogP contribution is 2.21. The van der Waals surface area contributed by atoms with Gasteiger partial charge in [-0.25, -0.2) is 0 Å². The summed E-state index contributed by atoms with van der Waals surface area (Å²) >= 11 is 0. The van der Waals surface area contributed by atoms with E-state index in [9.17, 15) is 4.79 Å². The number of hydrogen-bond donors (Lipinski definition) is 2. The third kappa shape index (κ3) is 3.61. The first kappa shape index (κ1) is 15.1. The van der Waals surface area contributed by atoms with Crippen LogP contribution in [0.5, 0.6) is 0 Å². The van der Waals surface area contributed by atoms with Crippen LogP contribution in [0.15, 0.2) is 18.3 Å². The number of aromatic nitrogens is 1. The minimum absolute atomic E-state index is 0.129. The van der Waals surface area contributed by atoms with Crippen LogP contribution < -0.4 is 10.6 Å². The van der Waals surface area contributed by atoms with Gasteiger partial charge in [0.1, 0.15) is 5.69 Å². The fourth-order valence-electron chi connectivity index (χ4n) is 2.77. The Kier molecular flexibility index (Phi) is 5.61. The molecule has 1 aromatic rings. The van der Waals surface area contributed by atoms with E-state index < -0.39 is 0 Å². The van der Waals surface area contributed by atoms with Crippen molar-refractivity contribution in [2.45, 2.75) is 25.3 Å². The van der Waals surface area contributed by atoms with Crippen molar-refractivity contribution in [1.29, 1.82) is 0 Å². The average molecular weight is 278 g/mol. The molecule has 1 saturated heterocycles. The van der Waals surface area contributed by atoms with Crippen molar-refractivity contribution in [3.63, 3.8) is 0 Å². The minimum Gasteiger partial charge on any atom is -0.340 e. The highest BCUT2D eigenvalue weighted by Gasteiger charge is 2.21. The first-order chi connectivity index (χ1) is 9.74. The van der Waals surface area contributed by atoms with Gasteiger partial charge in [0, 0.05) is 25.8 Å². The summed E-state index contributed by atoms with van der Waals surface area (Å²) in [5.41, 5.74) is 0.823. The van der Waals surface area contributed by atoms with Gasteiger partial charge in [-0.05, 0) is 58.1 Å². The van der Waals surface area contributed by atoms with Gasteiger partial charge in [0.05, 0.1) is 0 Å². The number of piperidine rings is 1. The van der Waals surface area contributed by atoms with Gasteiger partial charge in [0.2, 0.25) is 0 Å².